The summed E-state index contributed by atoms with van der Waals surface area (Å²) in [6, 6.07) is 8.77. The van der Waals surface area contributed by atoms with Crippen molar-refractivity contribution >= 4 is 5.91 Å². The van der Waals surface area contributed by atoms with E-state index >= 15 is 0 Å². The van der Waals surface area contributed by atoms with Crippen molar-refractivity contribution in [3.05, 3.63) is 29.8 Å². The van der Waals surface area contributed by atoms with Crippen molar-refractivity contribution in [1.29, 1.82) is 0 Å². The van der Waals surface area contributed by atoms with Gasteiger partial charge in [0.05, 0.1) is 7.11 Å². The molecule has 2 atom stereocenters. The number of ether oxygens (including phenoxy) is 1. The zero-order valence-electron chi connectivity index (χ0n) is 13.3. The van der Waals surface area contributed by atoms with Crippen LogP contribution in [0.1, 0.15) is 38.7 Å². The van der Waals surface area contributed by atoms with Gasteiger partial charge in [-0.05, 0) is 45.2 Å². The molecule has 1 amide bonds. The lowest BCUT2D eigenvalue weighted by molar-refractivity contribution is -0.660. The van der Waals surface area contributed by atoms with Crippen LogP contribution in [0.5, 0.6) is 5.75 Å². The van der Waals surface area contributed by atoms with Gasteiger partial charge < -0.3 is 15.0 Å². The fourth-order valence-corrected chi connectivity index (χ4v) is 3.18. The van der Waals surface area contributed by atoms with Crippen LogP contribution in [0, 0.1) is 0 Å². The van der Waals surface area contributed by atoms with Gasteiger partial charge in [-0.1, -0.05) is 12.1 Å². The molecule has 0 radical (unpaired) electrons. The maximum Gasteiger partial charge on any atom is 0.278 e. The maximum atomic E-state index is 12.4. The number of quaternary nitrogens is 1. The van der Waals surface area contributed by atoms with Crippen molar-refractivity contribution in [3.8, 4) is 5.75 Å². The average Bonchev–Trinajstić information content (AvgIpc) is 2.47. The van der Waals surface area contributed by atoms with E-state index in [1.807, 2.05) is 18.2 Å². The number of carbonyl (C=O) groups excluding carboxylic acids is 1. The van der Waals surface area contributed by atoms with Gasteiger partial charge in [0.2, 0.25) is 0 Å². The molecule has 4 heteroatoms. The van der Waals surface area contributed by atoms with E-state index in [0.29, 0.717) is 18.6 Å². The first-order chi connectivity index (χ1) is 10.1. The summed E-state index contributed by atoms with van der Waals surface area (Å²) in [6.45, 7) is 5.65. The van der Waals surface area contributed by atoms with E-state index in [1.54, 1.807) is 7.11 Å². The van der Waals surface area contributed by atoms with E-state index in [-0.39, 0.29) is 5.91 Å². The zero-order chi connectivity index (χ0) is 15.2. The first-order valence-corrected chi connectivity index (χ1v) is 7.87. The van der Waals surface area contributed by atoms with Gasteiger partial charge in [-0.25, -0.2) is 0 Å². The molecule has 1 aromatic rings. The van der Waals surface area contributed by atoms with Crippen molar-refractivity contribution < 1.29 is 14.8 Å². The lowest BCUT2D eigenvalue weighted by Crippen LogP contribution is -2.85. The van der Waals surface area contributed by atoms with Crippen LogP contribution in [0.15, 0.2) is 24.3 Å². The molecule has 0 aliphatic carbocycles. The fraction of sp³-hybridized carbons (Fsp3) is 0.588. The molecule has 2 N–H and O–H groups in total. The van der Waals surface area contributed by atoms with Crippen LogP contribution < -0.4 is 10.1 Å². The number of hydrogen-bond acceptors (Lipinski definition) is 2. The quantitative estimate of drug-likeness (QED) is 0.894. The Bertz CT molecular complexity index is 466. The highest BCUT2D eigenvalue weighted by atomic mass is 16.5. The topological polar surface area (TPSA) is 46.1 Å². The molecule has 1 aliphatic heterocycles. The van der Waals surface area contributed by atoms with Gasteiger partial charge in [-0.3, -0.25) is 4.79 Å². The predicted molar refractivity (Wildman–Crippen MR) is 83.1 cm³/mol. The van der Waals surface area contributed by atoms with Crippen LogP contribution in [0.2, 0.25) is 0 Å². The van der Waals surface area contributed by atoms with E-state index in [1.165, 1.54) is 12.0 Å². The summed E-state index contributed by atoms with van der Waals surface area (Å²) >= 11 is 0. The Morgan fingerprint density at radius 2 is 2.05 bits per heavy atom. The minimum atomic E-state index is 0.262. The van der Waals surface area contributed by atoms with Gasteiger partial charge in [0.15, 0.2) is 6.54 Å². The Kier molecular flexibility index (Phi) is 5.62. The van der Waals surface area contributed by atoms with Crippen LogP contribution in [-0.2, 0) is 11.3 Å². The van der Waals surface area contributed by atoms with Crippen LogP contribution in [0.3, 0.4) is 0 Å². The number of rotatable bonds is 5. The second kappa shape index (κ2) is 7.46. The van der Waals surface area contributed by atoms with Crippen molar-refractivity contribution in [2.45, 2.75) is 51.7 Å². The molecule has 1 aromatic carbocycles. The average molecular weight is 291 g/mol. The smallest absolute Gasteiger partial charge is 0.278 e. The monoisotopic (exact) mass is 291 g/mol. The molecule has 0 spiro atoms. The first kappa shape index (κ1) is 15.8. The number of methoxy groups -OCH3 is 1. The van der Waals surface area contributed by atoms with E-state index in [4.69, 9.17) is 4.74 Å². The largest absolute Gasteiger partial charge is 0.497 e. The normalized spacial score (nSPS) is 22.1. The minimum absolute atomic E-state index is 0.262. The molecule has 1 saturated heterocycles. The number of likely N-dealkylation sites (tertiary alicyclic amines) is 1. The van der Waals surface area contributed by atoms with Gasteiger partial charge in [0.25, 0.3) is 5.91 Å². The van der Waals surface area contributed by atoms with Gasteiger partial charge in [0.1, 0.15) is 12.3 Å². The number of benzene rings is 1. The van der Waals surface area contributed by atoms with E-state index < -0.39 is 0 Å². The lowest BCUT2D eigenvalue weighted by Gasteiger charge is -2.38. The van der Waals surface area contributed by atoms with E-state index in [0.717, 1.165) is 25.1 Å². The van der Waals surface area contributed by atoms with Crippen LogP contribution in [0.25, 0.3) is 0 Å². The van der Waals surface area contributed by atoms with Crippen molar-refractivity contribution in [1.82, 2.24) is 4.90 Å². The molecule has 4 nitrogen and oxygen atoms in total. The van der Waals surface area contributed by atoms with Gasteiger partial charge in [-0.15, -0.1) is 0 Å². The third kappa shape index (κ3) is 4.21. The van der Waals surface area contributed by atoms with Crippen molar-refractivity contribution in [2.24, 2.45) is 0 Å². The van der Waals surface area contributed by atoms with Crippen LogP contribution in [-0.4, -0.2) is 36.5 Å². The summed E-state index contributed by atoms with van der Waals surface area (Å²) in [6.07, 6.45) is 3.50. The number of hydrogen-bond donors (Lipinski definition) is 1. The molecule has 0 bridgehead atoms. The Labute approximate surface area is 127 Å². The zero-order valence-corrected chi connectivity index (χ0v) is 13.3. The molecule has 1 aliphatic rings. The highest BCUT2D eigenvalue weighted by Crippen LogP contribution is 2.22. The predicted octanol–water partition coefficient (Wildman–Crippen LogP) is 1.55. The molecular weight excluding hydrogens is 264 g/mol. The highest BCUT2D eigenvalue weighted by Gasteiger charge is 2.29. The fourth-order valence-electron chi connectivity index (χ4n) is 3.18. The van der Waals surface area contributed by atoms with Crippen molar-refractivity contribution in [2.75, 3.05) is 13.7 Å². The third-order valence-electron chi connectivity index (χ3n) is 4.31. The van der Waals surface area contributed by atoms with E-state index in [2.05, 4.69) is 30.1 Å². The third-order valence-corrected chi connectivity index (χ3v) is 4.31. The molecular formula is C17H27N2O2+. The number of nitrogens with two attached hydrogens (primary N) is 1. The standard InChI is InChI=1S/C17H26N2O2/c1-13-6-4-7-14(2)19(13)17(20)12-18-11-15-8-5-9-16(10-15)21-3/h5,8-10,13-14,18H,4,6-7,11-12H2,1-3H3/p+1/t13-,14+. The SMILES string of the molecule is COc1cccc(C[NH2+]CC(=O)N2[C@H](C)CCC[C@@H]2C)c1. The summed E-state index contributed by atoms with van der Waals surface area (Å²) in [7, 11) is 1.67. The first-order valence-electron chi connectivity index (χ1n) is 7.87. The molecule has 0 unspecified atom stereocenters. The maximum absolute atomic E-state index is 12.4. The van der Waals surface area contributed by atoms with Crippen LogP contribution >= 0.6 is 0 Å². The molecule has 1 fully saturated rings. The van der Waals surface area contributed by atoms with Gasteiger partial charge in [0, 0.05) is 17.6 Å². The summed E-state index contributed by atoms with van der Waals surface area (Å²) in [5.41, 5.74) is 1.18. The second-order valence-corrected chi connectivity index (χ2v) is 5.98. The minimum Gasteiger partial charge on any atom is -0.497 e. The van der Waals surface area contributed by atoms with Crippen molar-refractivity contribution in [3.63, 3.8) is 0 Å². The number of amides is 1. The molecule has 0 aromatic heterocycles. The second-order valence-electron chi connectivity index (χ2n) is 5.98. The Balaban J connectivity index is 1.83. The molecule has 21 heavy (non-hydrogen) atoms. The van der Waals surface area contributed by atoms with E-state index in [9.17, 15) is 4.79 Å². The molecule has 1 heterocycles. The summed E-state index contributed by atoms with van der Waals surface area (Å²) in [5, 5.41) is 2.07. The van der Waals surface area contributed by atoms with Crippen LogP contribution in [0.4, 0.5) is 0 Å². The lowest BCUT2D eigenvalue weighted by atomic mass is 9.97. The number of carbonyl (C=O) groups is 1. The molecule has 116 valence electrons. The highest BCUT2D eigenvalue weighted by molar-refractivity contribution is 5.77. The summed E-state index contributed by atoms with van der Waals surface area (Å²) in [4.78, 5) is 14.5. The Morgan fingerprint density at radius 3 is 2.71 bits per heavy atom. The summed E-state index contributed by atoms with van der Waals surface area (Å²) < 4.78 is 5.22. The number of nitrogens with zero attached hydrogens (tertiary/aromatic N) is 1. The summed E-state index contributed by atoms with van der Waals surface area (Å²) in [5.74, 6) is 1.13. The number of piperidine rings is 1. The van der Waals surface area contributed by atoms with Gasteiger partial charge >= 0.3 is 0 Å². The molecule has 2 rings (SSSR count). The Hall–Kier alpha value is -1.55. The van der Waals surface area contributed by atoms with Gasteiger partial charge in [-0.2, -0.15) is 0 Å². The molecule has 0 saturated carbocycles. The Morgan fingerprint density at radius 1 is 1.33 bits per heavy atom.